The van der Waals surface area contributed by atoms with E-state index in [0.717, 1.165) is 32.1 Å². The number of ether oxygens (including phenoxy) is 3. The molecule has 0 heterocycles. The van der Waals surface area contributed by atoms with E-state index in [9.17, 15) is 26.8 Å². The van der Waals surface area contributed by atoms with E-state index in [1.165, 1.54) is 0 Å². The van der Waals surface area contributed by atoms with Gasteiger partial charge in [-0.3, -0.25) is 9.35 Å². The molecule has 2 atom stereocenters. The molecule has 4 saturated carbocycles. The van der Waals surface area contributed by atoms with Crippen molar-refractivity contribution in [2.75, 3.05) is 13.2 Å². The van der Waals surface area contributed by atoms with Gasteiger partial charge in [0.05, 0.1) is 17.6 Å². The first-order chi connectivity index (χ1) is 14.1. The molecule has 2 unspecified atom stereocenters. The van der Waals surface area contributed by atoms with Gasteiger partial charge in [-0.2, -0.15) is 17.2 Å². The fourth-order valence-corrected chi connectivity index (χ4v) is 5.71. The zero-order valence-corrected chi connectivity index (χ0v) is 18.8. The Morgan fingerprint density at radius 1 is 1.03 bits per heavy atom. The number of halogens is 2. The van der Waals surface area contributed by atoms with Gasteiger partial charge in [0.2, 0.25) is 0 Å². The lowest BCUT2D eigenvalue weighted by Crippen LogP contribution is -2.62. The summed E-state index contributed by atoms with van der Waals surface area (Å²) in [5.41, 5.74) is -1.80. The van der Waals surface area contributed by atoms with E-state index in [2.05, 4.69) is 4.74 Å². The van der Waals surface area contributed by atoms with Crippen molar-refractivity contribution >= 4 is 22.1 Å². The summed E-state index contributed by atoms with van der Waals surface area (Å²) in [7, 11) is -5.91. The molecule has 4 bridgehead atoms. The molecule has 0 spiro atoms. The van der Waals surface area contributed by atoms with Gasteiger partial charge < -0.3 is 14.2 Å². The Bertz CT molecular complexity index is 824. The fourth-order valence-electron chi connectivity index (χ4n) is 5.45. The highest BCUT2D eigenvalue weighted by Crippen LogP contribution is 2.60. The minimum Gasteiger partial charge on any atom is -0.459 e. The molecule has 0 aromatic carbocycles. The normalized spacial score (nSPS) is 32.7. The van der Waals surface area contributed by atoms with Crippen LogP contribution in [0.5, 0.6) is 0 Å². The van der Waals surface area contributed by atoms with Crippen LogP contribution in [0.25, 0.3) is 0 Å². The maximum absolute atomic E-state index is 13.3. The lowest BCUT2D eigenvalue weighted by atomic mass is 9.52. The Morgan fingerprint density at radius 3 is 2.10 bits per heavy atom. The Balaban J connectivity index is 1.61. The number of carbonyl (C=O) groups is 2. The van der Waals surface area contributed by atoms with E-state index < -0.39 is 44.6 Å². The molecule has 0 aromatic rings. The topological polar surface area (TPSA) is 116 Å². The summed E-state index contributed by atoms with van der Waals surface area (Å²) >= 11 is 0. The van der Waals surface area contributed by atoms with Gasteiger partial charge in [0.15, 0.2) is 0 Å². The van der Waals surface area contributed by atoms with Crippen LogP contribution in [0.2, 0.25) is 0 Å². The van der Waals surface area contributed by atoms with Crippen LogP contribution in [0.3, 0.4) is 0 Å². The molecular formula is C20H30F2O8S. The Morgan fingerprint density at radius 2 is 1.58 bits per heavy atom. The maximum Gasteiger partial charge on any atom is 0.465 e. The molecule has 178 valence electrons. The van der Waals surface area contributed by atoms with Crippen LogP contribution in [0.15, 0.2) is 0 Å². The monoisotopic (exact) mass is 468 g/mol. The van der Waals surface area contributed by atoms with Crippen molar-refractivity contribution in [1.82, 2.24) is 0 Å². The van der Waals surface area contributed by atoms with Crippen molar-refractivity contribution in [2.45, 2.75) is 82.2 Å². The number of rotatable bonds is 9. The number of carbonyl (C=O) groups excluding carboxylic acids is 2. The van der Waals surface area contributed by atoms with Gasteiger partial charge in [-0.25, -0.2) is 4.79 Å². The lowest BCUT2D eigenvalue weighted by Gasteiger charge is -2.61. The highest BCUT2D eigenvalue weighted by Gasteiger charge is 2.61. The third kappa shape index (κ3) is 4.73. The molecule has 4 aliphatic rings. The molecular weight excluding hydrogens is 438 g/mol. The standard InChI is InChI=1S/C20H30F2O8S/c1-4-17(2,3)15(23)30-19-10-13-7-14(11-19)9-18(8-13,12-19)29-6-5-28-16(24)20(21,22)31(25,26)27/h13-14H,4-12H2,1-3H3,(H,25,26,27). The van der Waals surface area contributed by atoms with Crippen molar-refractivity contribution in [3.8, 4) is 0 Å². The molecule has 0 aromatic heterocycles. The quantitative estimate of drug-likeness (QED) is 0.312. The van der Waals surface area contributed by atoms with Gasteiger partial charge in [0, 0.05) is 6.42 Å². The largest absolute Gasteiger partial charge is 0.465 e. The molecule has 4 rings (SSSR count). The Kier molecular flexibility index (Phi) is 6.21. The summed E-state index contributed by atoms with van der Waals surface area (Å²) in [6, 6.07) is 0. The van der Waals surface area contributed by atoms with Crippen LogP contribution in [0, 0.1) is 17.3 Å². The molecule has 0 radical (unpaired) electrons. The summed E-state index contributed by atoms with van der Waals surface area (Å²) in [5.74, 6) is -1.94. The zero-order chi connectivity index (χ0) is 23.3. The van der Waals surface area contributed by atoms with Crippen LogP contribution in [0.4, 0.5) is 8.78 Å². The average Bonchev–Trinajstić information content (AvgIpc) is 2.62. The van der Waals surface area contributed by atoms with E-state index in [4.69, 9.17) is 14.0 Å². The second kappa shape index (κ2) is 7.91. The van der Waals surface area contributed by atoms with Crippen molar-refractivity contribution in [3.63, 3.8) is 0 Å². The van der Waals surface area contributed by atoms with E-state index in [1.54, 1.807) is 0 Å². The van der Waals surface area contributed by atoms with Crippen molar-refractivity contribution in [1.29, 1.82) is 0 Å². The van der Waals surface area contributed by atoms with Crippen LogP contribution in [0.1, 0.15) is 65.7 Å². The predicted molar refractivity (Wildman–Crippen MR) is 104 cm³/mol. The third-order valence-electron chi connectivity index (χ3n) is 6.99. The van der Waals surface area contributed by atoms with Crippen LogP contribution < -0.4 is 0 Å². The predicted octanol–water partition coefficient (Wildman–Crippen LogP) is 3.10. The van der Waals surface area contributed by atoms with Crippen LogP contribution >= 0.6 is 0 Å². The smallest absolute Gasteiger partial charge is 0.459 e. The molecule has 31 heavy (non-hydrogen) atoms. The summed E-state index contributed by atoms with van der Waals surface area (Å²) in [5, 5.41) is -5.03. The minimum absolute atomic E-state index is 0.211. The second-order valence-electron chi connectivity index (χ2n) is 9.93. The SMILES string of the molecule is CCC(C)(C)C(=O)OC12CC3CC(CC(OCCOC(=O)C(F)(F)S(=O)(=O)O)(C3)C1)C2. The molecule has 11 heteroatoms. The minimum atomic E-state index is -5.91. The number of esters is 2. The van der Waals surface area contributed by atoms with Gasteiger partial charge in [0.1, 0.15) is 12.2 Å². The fraction of sp³-hybridized carbons (Fsp3) is 0.900. The summed E-state index contributed by atoms with van der Waals surface area (Å²) < 4.78 is 72.5. The summed E-state index contributed by atoms with van der Waals surface area (Å²) in [6.07, 6.45) is 5.20. The van der Waals surface area contributed by atoms with Crippen LogP contribution in [-0.2, 0) is 33.9 Å². The highest BCUT2D eigenvalue weighted by atomic mass is 32.2. The third-order valence-corrected chi connectivity index (χ3v) is 7.80. The van der Waals surface area contributed by atoms with E-state index in [0.29, 0.717) is 24.7 Å². The van der Waals surface area contributed by atoms with Gasteiger partial charge in [-0.1, -0.05) is 6.92 Å². The van der Waals surface area contributed by atoms with E-state index in [1.807, 2.05) is 20.8 Å². The first kappa shape index (κ1) is 24.3. The second-order valence-corrected chi connectivity index (χ2v) is 11.4. The maximum atomic E-state index is 13.3. The van der Waals surface area contributed by atoms with Gasteiger partial charge >= 0.3 is 27.3 Å². The first-order valence-electron chi connectivity index (χ1n) is 10.5. The number of hydrogen-bond donors (Lipinski definition) is 1. The number of hydrogen-bond acceptors (Lipinski definition) is 7. The molecule has 4 fully saturated rings. The van der Waals surface area contributed by atoms with Gasteiger partial charge in [-0.05, 0) is 64.2 Å². The average molecular weight is 469 g/mol. The summed E-state index contributed by atoms with van der Waals surface area (Å²) in [4.78, 5) is 24.0. The zero-order valence-electron chi connectivity index (χ0n) is 18.0. The van der Waals surface area contributed by atoms with Crippen molar-refractivity contribution in [3.05, 3.63) is 0 Å². The van der Waals surface area contributed by atoms with E-state index in [-0.39, 0.29) is 12.6 Å². The van der Waals surface area contributed by atoms with Gasteiger partial charge in [0.25, 0.3) is 0 Å². The van der Waals surface area contributed by atoms with E-state index >= 15 is 0 Å². The molecule has 1 N–H and O–H groups in total. The molecule has 0 aliphatic heterocycles. The summed E-state index contributed by atoms with van der Waals surface area (Å²) in [6.45, 7) is 4.82. The molecule has 0 saturated heterocycles. The first-order valence-corrected chi connectivity index (χ1v) is 12.0. The Hall–Kier alpha value is -1.33. The molecule has 0 amide bonds. The Labute approximate surface area is 180 Å². The highest BCUT2D eigenvalue weighted by molar-refractivity contribution is 7.87. The van der Waals surface area contributed by atoms with Crippen molar-refractivity contribution in [2.24, 2.45) is 17.3 Å². The lowest BCUT2D eigenvalue weighted by molar-refractivity contribution is -0.240. The number of alkyl halides is 2. The molecule has 8 nitrogen and oxygen atoms in total. The van der Waals surface area contributed by atoms with Gasteiger partial charge in [-0.15, -0.1) is 0 Å². The van der Waals surface area contributed by atoms with Crippen molar-refractivity contribution < 1.29 is 45.6 Å². The molecule has 4 aliphatic carbocycles. The van der Waals surface area contributed by atoms with Crippen LogP contribution in [-0.4, -0.2) is 54.6 Å².